The fraction of sp³-hybridized carbons (Fsp3) is 0.357. The largest absolute Gasteiger partial charge is 0.494 e. The first-order valence-electron chi connectivity index (χ1n) is 6.40. The first-order valence-corrected chi connectivity index (χ1v) is 6.40. The number of ether oxygens (including phenoxy) is 1. The van der Waals surface area contributed by atoms with Gasteiger partial charge in [0, 0.05) is 25.7 Å². The standard InChI is InChI=1S/C14H20N4O/c1-18-9-7-13(17-18)11-12(16-15)8-10-19-14-5-3-2-4-6-14/h2-7,9,12,16H,8,10-11,15H2,1H3. The number of rotatable bonds is 7. The summed E-state index contributed by atoms with van der Waals surface area (Å²) in [4.78, 5) is 0. The Bertz CT molecular complexity index is 483. The Morgan fingerprint density at radius 1 is 1.32 bits per heavy atom. The molecule has 0 aliphatic rings. The molecule has 0 amide bonds. The Morgan fingerprint density at radius 3 is 2.74 bits per heavy atom. The Balaban J connectivity index is 1.76. The number of hydrogen-bond donors (Lipinski definition) is 2. The Labute approximate surface area is 113 Å². The highest BCUT2D eigenvalue weighted by molar-refractivity contribution is 5.20. The molecule has 0 saturated carbocycles. The van der Waals surface area contributed by atoms with Gasteiger partial charge in [-0.15, -0.1) is 0 Å². The first-order chi connectivity index (χ1) is 9.28. The molecule has 0 saturated heterocycles. The molecular weight excluding hydrogens is 240 g/mol. The van der Waals surface area contributed by atoms with Gasteiger partial charge in [-0.3, -0.25) is 16.0 Å². The third-order valence-electron chi connectivity index (χ3n) is 2.94. The summed E-state index contributed by atoms with van der Waals surface area (Å²) in [6.45, 7) is 0.631. The van der Waals surface area contributed by atoms with Gasteiger partial charge in [-0.2, -0.15) is 5.10 Å². The van der Waals surface area contributed by atoms with E-state index in [1.165, 1.54) is 0 Å². The van der Waals surface area contributed by atoms with Gasteiger partial charge in [-0.25, -0.2) is 0 Å². The van der Waals surface area contributed by atoms with Crippen LogP contribution >= 0.6 is 0 Å². The lowest BCUT2D eigenvalue weighted by Gasteiger charge is -2.15. The molecule has 2 rings (SSSR count). The van der Waals surface area contributed by atoms with E-state index in [2.05, 4.69) is 10.5 Å². The summed E-state index contributed by atoms with van der Waals surface area (Å²) in [6.07, 6.45) is 3.57. The van der Waals surface area contributed by atoms with E-state index in [-0.39, 0.29) is 6.04 Å². The van der Waals surface area contributed by atoms with Crippen molar-refractivity contribution in [3.8, 4) is 5.75 Å². The van der Waals surface area contributed by atoms with Gasteiger partial charge in [0.2, 0.25) is 0 Å². The SMILES string of the molecule is Cn1ccc(CC(CCOc2ccccc2)NN)n1. The monoisotopic (exact) mass is 260 g/mol. The summed E-state index contributed by atoms with van der Waals surface area (Å²) in [7, 11) is 1.91. The molecule has 1 heterocycles. The van der Waals surface area contributed by atoms with E-state index in [0.717, 1.165) is 24.3 Å². The van der Waals surface area contributed by atoms with Gasteiger partial charge < -0.3 is 4.74 Å². The van der Waals surface area contributed by atoms with E-state index < -0.39 is 0 Å². The van der Waals surface area contributed by atoms with Crippen LogP contribution in [0.15, 0.2) is 42.6 Å². The molecule has 5 heteroatoms. The van der Waals surface area contributed by atoms with Crippen molar-refractivity contribution in [3.63, 3.8) is 0 Å². The minimum atomic E-state index is 0.165. The fourth-order valence-electron chi connectivity index (χ4n) is 1.90. The lowest BCUT2D eigenvalue weighted by atomic mass is 10.1. The molecule has 102 valence electrons. The van der Waals surface area contributed by atoms with Crippen LogP contribution in [-0.4, -0.2) is 22.4 Å². The molecule has 0 aliphatic heterocycles. The van der Waals surface area contributed by atoms with E-state index >= 15 is 0 Å². The molecule has 3 N–H and O–H groups in total. The number of aryl methyl sites for hydroxylation is 1. The zero-order valence-corrected chi connectivity index (χ0v) is 11.1. The van der Waals surface area contributed by atoms with E-state index in [0.29, 0.717) is 6.61 Å². The van der Waals surface area contributed by atoms with Crippen LogP contribution in [-0.2, 0) is 13.5 Å². The second kappa shape index (κ2) is 6.92. The molecule has 1 aromatic heterocycles. The van der Waals surface area contributed by atoms with Gasteiger partial charge in [0.05, 0.1) is 12.3 Å². The zero-order chi connectivity index (χ0) is 13.5. The van der Waals surface area contributed by atoms with Crippen molar-refractivity contribution in [2.24, 2.45) is 12.9 Å². The highest BCUT2D eigenvalue weighted by Crippen LogP contribution is 2.10. The Morgan fingerprint density at radius 2 is 2.11 bits per heavy atom. The third-order valence-corrected chi connectivity index (χ3v) is 2.94. The predicted molar refractivity (Wildman–Crippen MR) is 74.6 cm³/mol. The number of nitrogens with zero attached hydrogens (tertiary/aromatic N) is 2. The lowest BCUT2D eigenvalue weighted by molar-refractivity contribution is 0.284. The highest BCUT2D eigenvalue weighted by atomic mass is 16.5. The van der Waals surface area contributed by atoms with Crippen molar-refractivity contribution in [3.05, 3.63) is 48.3 Å². The van der Waals surface area contributed by atoms with Crippen LogP contribution in [0.25, 0.3) is 0 Å². The van der Waals surface area contributed by atoms with Crippen LogP contribution in [0.4, 0.5) is 0 Å². The van der Waals surface area contributed by atoms with E-state index in [1.54, 1.807) is 4.68 Å². The maximum atomic E-state index is 5.66. The topological polar surface area (TPSA) is 65.1 Å². The number of hydrogen-bond acceptors (Lipinski definition) is 4. The summed E-state index contributed by atoms with van der Waals surface area (Å²) in [5.41, 5.74) is 3.85. The molecule has 1 aromatic carbocycles. The van der Waals surface area contributed by atoms with Gasteiger partial charge in [-0.05, 0) is 24.6 Å². The van der Waals surface area contributed by atoms with Crippen LogP contribution in [0.5, 0.6) is 5.75 Å². The molecule has 5 nitrogen and oxygen atoms in total. The molecule has 2 aromatic rings. The third kappa shape index (κ3) is 4.39. The minimum absolute atomic E-state index is 0.165. The molecule has 0 bridgehead atoms. The summed E-state index contributed by atoms with van der Waals surface area (Å²) in [5, 5.41) is 4.34. The van der Waals surface area contributed by atoms with Crippen molar-refractivity contribution in [2.75, 3.05) is 6.61 Å². The van der Waals surface area contributed by atoms with Gasteiger partial charge >= 0.3 is 0 Å². The predicted octanol–water partition coefficient (Wildman–Crippen LogP) is 1.26. The van der Waals surface area contributed by atoms with Crippen molar-refractivity contribution in [1.29, 1.82) is 0 Å². The molecule has 0 radical (unpaired) electrons. The van der Waals surface area contributed by atoms with Crippen LogP contribution in [0.2, 0.25) is 0 Å². The molecule has 0 spiro atoms. The van der Waals surface area contributed by atoms with E-state index in [9.17, 15) is 0 Å². The maximum absolute atomic E-state index is 5.66. The summed E-state index contributed by atoms with van der Waals surface area (Å²) in [6, 6.07) is 12.0. The van der Waals surface area contributed by atoms with Crippen molar-refractivity contribution < 1.29 is 4.74 Å². The molecule has 0 fully saturated rings. The number of hydrazine groups is 1. The van der Waals surface area contributed by atoms with Gasteiger partial charge in [-0.1, -0.05) is 18.2 Å². The van der Waals surface area contributed by atoms with Crippen molar-refractivity contribution >= 4 is 0 Å². The smallest absolute Gasteiger partial charge is 0.119 e. The number of nitrogens with two attached hydrogens (primary N) is 1. The second-order valence-corrected chi connectivity index (χ2v) is 4.50. The highest BCUT2D eigenvalue weighted by Gasteiger charge is 2.09. The number of para-hydroxylation sites is 1. The zero-order valence-electron chi connectivity index (χ0n) is 11.1. The molecule has 19 heavy (non-hydrogen) atoms. The van der Waals surface area contributed by atoms with Crippen LogP contribution in [0.1, 0.15) is 12.1 Å². The number of benzene rings is 1. The number of nitrogens with one attached hydrogen (secondary N) is 1. The van der Waals surface area contributed by atoms with Gasteiger partial charge in [0.25, 0.3) is 0 Å². The van der Waals surface area contributed by atoms with Crippen LogP contribution in [0, 0.1) is 0 Å². The molecular formula is C14H20N4O. The number of aromatic nitrogens is 2. The Kier molecular flexibility index (Phi) is 4.94. The summed E-state index contributed by atoms with van der Waals surface area (Å²) in [5.74, 6) is 6.45. The molecule has 1 atom stereocenters. The average Bonchev–Trinajstić information content (AvgIpc) is 2.84. The molecule has 1 unspecified atom stereocenters. The van der Waals surface area contributed by atoms with Crippen LogP contribution in [0.3, 0.4) is 0 Å². The van der Waals surface area contributed by atoms with Crippen molar-refractivity contribution in [2.45, 2.75) is 18.9 Å². The lowest BCUT2D eigenvalue weighted by Crippen LogP contribution is -2.38. The summed E-state index contributed by atoms with van der Waals surface area (Å²) >= 11 is 0. The Hall–Kier alpha value is -1.85. The summed E-state index contributed by atoms with van der Waals surface area (Å²) < 4.78 is 7.46. The van der Waals surface area contributed by atoms with Crippen molar-refractivity contribution in [1.82, 2.24) is 15.2 Å². The van der Waals surface area contributed by atoms with Crippen LogP contribution < -0.4 is 16.0 Å². The van der Waals surface area contributed by atoms with E-state index in [4.69, 9.17) is 10.6 Å². The normalized spacial score (nSPS) is 12.3. The van der Waals surface area contributed by atoms with Gasteiger partial charge in [0.15, 0.2) is 0 Å². The second-order valence-electron chi connectivity index (χ2n) is 4.50. The maximum Gasteiger partial charge on any atom is 0.119 e. The minimum Gasteiger partial charge on any atom is -0.494 e. The van der Waals surface area contributed by atoms with Gasteiger partial charge in [0.1, 0.15) is 5.75 Å². The molecule has 0 aliphatic carbocycles. The quantitative estimate of drug-likeness (QED) is 0.581. The average molecular weight is 260 g/mol. The van der Waals surface area contributed by atoms with E-state index in [1.807, 2.05) is 49.6 Å². The fourth-order valence-corrected chi connectivity index (χ4v) is 1.90. The first kappa shape index (κ1) is 13.6.